The Hall–Kier alpha value is -1.35. The van der Waals surface area contributed by atoms with Crippen molar-refractivity contribution in [2.24, 2.45) is 11.8 Å². The molecule has 20 heavy (non-hydrogen) atoms. The van der Waals surface area contributed by atoms with Crippen LogP contribution in [0.5, 0.6) is 0 Å². The Labute approximate surface area is 121 Å². The first-order valence-electron chi connectivity index (χ1n) is 7.64. The zero-order valence-electron chi connectivity index (χ0n) is 12.2. The molecule has 0 radical (unpaired) electrons. The van der Waals surface area contributed by atoms with Gasteiger partial charge in [0.2, 0.25) is 5.91 Å². The van der Waals surface area contributed by atoms with Gasteiger partial charge in [-0.1, -0.05) is 50.1 Å². The topological polar surface area (TPSA) is 49.3 Å². The first-order valence-corrected chi connectivity index (χ1v) is 7.64. The van der Waals surface area contributed by atoms with E-state index >= 15 is 0 Å². The fraction of sp³-hybridized carbons (Fsp3) is 0.588. The van der Waals surface area contributed by atoms with Gasteiger partial charge in [-0.25, -0.2) is 0 Å². The maximum Gasteiger partial charge on any atom is 0.223 e. The number of nitrogens with one attached hydrogen (secondary N) is 1. The molecule has 1 amide bonds. The number of aliphatic hydroxyl groups excluding tert-OH is 1. The largest absolute Gasteiger partial charge is 0.394 e. The molecule has 3 nitrogen and oxygen atoms in total. The Bertz CT molecular complexity index is 418. The van der Waals surface area contributed by atoms with Crippen LogP contribution in [0, 0.1) is 11.8 Å². The SMILES string of the molecule is CC1CCCC(C(=O)NC(CO)Cc2ccccc2)C1. The van der Waals surface area contributed by atoms with Gasteiger partial charge in [0.1, 0.15) is 0 Å². The van der Waals surface area contributed by atoms with E-state index in [1.807, 2.05) is 30.3 Å². The third kappa shape index (κ3) is 4.34. The molecule has 2 N–H and O–H groups in total. The van der Waals surface area contributed by atoms with Gasteiger partial charge >= 0.3 is 0 Å². The van der Waals surface area contributed by atoms with Crippen molar-refractivity contribution in [2.75, 3.05) is 6.61 Å². The fourth-order valence-corrected chi connectivity index (χ4v) is 3.05. The molecule has 1 aromatic carbocycles. The summed E-state index contributed by atoms with van der Waals surface area (Å²) >= 11 is 0. The molecule has 110 valence electrons. The average Bonchev–Trinajstić information content (AvgIpc) is 2.47. The van der Waals surface area contributed by atoms with Gasteiger partial charge in [-0.2, -0.15) is 0 Å². The molecule has 1 fully saturated rings. The second-order valence-corrected chi connectivity index (χ2v) is 6.05. The minimum Gasteiger partial charge on any atom is -0.394 e. The van der Waals surface area contributed by atoms with Crippen LogP contribution in [0.25, 0.3) is 0 Å². The van der Waals surface area contributed by atoms with Crippen molar-refractivity contribution >= 4 is 5.91 Å². The van der Waals surface area contributed by atoms with Crippen LogP contribution in [0.2, 0.25) is 0 Å². The third-order valence-electron chi connectivity index (χ3n) is 4.20. The lowest BCUT2D eigenvalue weighted by Gasteiger charge is -2.27. The highest BCUT2D eigenvalue weighted by molar-refractivity contribution is 5.79. The second kappa shape index (κ2) is 7.44. The van der Waals surface area contributed by atoms with Gasteiger partial charge in [-0.15, -0.1) is 0 Å². The van der Waals surface area contributed by atoms with Gasteiger partial charge in [0, 0.05) is 5.92 Å². The van der Waals surface area contributed by atoms with Crippen LogP contribution in [0.1, 0.15) is 38.2 Å². The highest BCUT2D eigenvalue weighted by Crippen LogP contribution is 2.28. The van der Waals surface area contributed by atoms with Gasteiger partial charge in [0.05, 0.1) is 12.6 Å². The van der Waals surface area contributed by atoms with Crippen molar-refractivity contribution in [1.82, 2.24) is 5.32 Å². The van der Waals surface area contributed by atoms with E-state index in [-0.39, 0.29) is 24.5 Å². The van der Waals surface area contributed by atoms with Crippen LogP contribution in [0.4, 0.5) is 0 Å². The molecule has 3 unspecified atom stereocenters. The monoisotopic (exact) mass is 275 g/mol. The van der Waals surface area contributed by atoms with E-state index in [9.17, 15) is 9.90 Å². The summed E-state index contributed by atoms with van der Waals surface area (Å²) in [7, 11) is 0. The minimum atomic E-state index is -0.179. The molecule has 0 bridgehead atoms. The molecule has 1 aliphatic rings. The zero-order valence-corrected chi connectivity index (χ0v) is 12.2. The predicted molar refractivity (Wildman–Crippen MR) is 80.3 cm³/mol. The Morgan fingerprint density at radius 3 is 2.75 bits per heavy atom. The van der Waals surface area contributed by atoms with E-state index in [1.54, 1.807) is 0 Å². The molecule has 0 heterocycles. The van der Waals surface area contributed by atoms with Gasteiger partial charge in [-0.05, 0) is 30.7 Å². The third-order valence-corrected chi connectivity index (χ3v) is 4.20. The first-order chi connectivity index (χ1) is 9.69. The molecule has 3 heteroatoms. The summed E-state index contributed by atoms with van der Waals surface area (Å²) in [6.45, 7) is 2.20. The van der Waals surface area contributed by atoms with Crippen LogP contribution in [0.3, 0.4) is 0 Å². The summed E-state index contributed by atoms with van der Waals surface area (Å²) in [5.74, 6) is 0.885. The van der Waals surface area contributed by atoms with E-state index < -0.39 is 0 Å². The number of carbonyl (C=O) groups is 1. The van der Waals surface area contributed by atoms with Crippen LogP contribution in [-0.2, 0) is 11.2 Å². The maximum atomic E-state index is 12.3. The summed E-state index contributed by atoms with van der Waals surface area (Å²) in [6.07, 6.45) is 5.03. The lowest BCUT2D eigenvalue weighted by molar-refractivity contribution is -0.127. The number of aliphatic hydroxyl groups is 1. The predicted octanol–water partition coefficient (Wildman–Crippen LogP) is 2.53. The molecule has 0 spiro atoms. The van der Waals surface area contributed by atoms with E-state index in [0.29, 0.717) is 12.3 Å². The number of amides is 1. The number of hydrogen-bond acceptors (Lipinski definition) is 2. The highest BCUT2D eigenvalue weighted by Gasteiger charge is 2.26. The minimum absolute atomic E-state index is 0.0110. The maximum absolute atomic E-state index is 12.3. The lowest BCUT2D eigenvalue weighted by Crippen LogP contribution is -2.43. The second-order valence-electron chi connectivity index (χ2n) is 6.05. The average molecular weight is 275 g/mol. The van der Waals surface area contributed by atoms with Crippen molar-refractivity contribution in [3.63, 3.8) is 0 Å². The number of rotatable bonds is 5. The van der Waals surface area contributed by atoms with Crippen molar-refractivity contribution in [1.29, 1.82) is 0 Å². The molecule has 2 rings (SSSR count). The van der Waals surface area contributed by atoms with Crippen molar-refractivity contribution in [3.05, 3.63) is 35.9 Å². The summed E-state index contributed by atoms with van der Waals surface area (Å²) in [5.41, 5.74) is 1.14. The quantitative estimate of drug-likeness (QED) is 0.867. The Morgan fingerprint density at radius 2 is 2.10 bits per heavy atom. The molecule has 1 aromatic rings. The number of hydrogen-bond donors (Lipinski definition) is 2. The summed E-state index contributed by atoms with van der Waals surface area (Å²) in [5, 5.41) is 12.5. The molecular weight excluding hydrogens is 250 g/mol. The van der Waals surface area contributed by atoms with Crippen molar-refractivity contribution in [3.8, 4) is 0 Å². The van der Waals surface area contributed by atoms with E-state index in [1.165, 1.54) is 6.42 Å². The van der Waals surface area contributed by atoms with Crippen molar-refractivity contribution < 1.29 is 9.90 Å². The molecule has 1 aliphatic carbocycles. The van der Waals surface area contributed by atoms with Gasteiger partial charge < -0.3 is 10.4 Å². The van der Waals surface area contributed by atoms with Gasteiger partial charge in [0.25, 0.3) is 0 Å². The molecule has 3 atom stereocenters. The Kier molecular flexibility index (Phi) is 5.60. The zero-order chi connectivity index (χ0) is 14.4. The summed E-state index contributed by atoms with van der Waals surface area (Å²) in [4.78, 5) is 12.3. The summed E-state index contributed by atoms with van der Waals surface area (Å²) in [6, 6.07) is 9.80. The van der Waals surface area contributed by atoms with Crippen molar-refractivity contribution in [2.45, 2.75) is 45.1 Å². The van der Waals surface area contributed by atoms with Crippen LogP contribution in [-0.4, -0.2) is 23.7 Å². The number of benzene rings is 1. The molecule has 0 saturated heterocycles. The van der Waals surface area contributed by atoms with Gasteiger partial charge in [0.15, 0.2) is 0 Å². The Morgan fingerprint density at radius 1 is 1.35 bits per heavy atom. The molecule has 1 saturated carbocycles. The van der Waals surface area contributed by atoms with E-state index in [4.69, 9.17) is 0 Å². The highest BCUT2D eigenvalue weighted by atomic mass is 16.3. The molecule has 0 aromatic heterocycles. The van der Waals surface area contributed by atoms with Gasteiger partial charge in [-0.3, -0.25) is 4.79 Å². The molecular formula is C17H25NO2. The Balaban J connectivity index is 1.87. The summed E-state index contributed by atoms with van der Waals surface area (Å²) < 4.78 is 0. The first kappa shape index (κ1) is 15.0. The van der Waals surface area contributed by atoms with Crippen LogP contribution < -0.4 is 5.32 Å². The van der Waals surface area contributed by atoms with Crippen LogP contribution in [0.15, 0.2) is 30.3 Å². The van der Waals surface area contributed by atoms with Crippen LogP contribution >= 0.6 is 0 Å². The molecule has 0 aliphatic heterocycles. The fourth-order valence-electron chi connectivity index (χ4n) is 3.05. The number of carbonyl (C=O) groups excluding carboxylic acids is 1. The normalized spacial score (nSPS) is 24.1. The smallest absolute Gasteiger partial charge is 0.223 e. The standard InChI is InChI=1S/C17H25NO2/c1-13-6-5-9-15(10-13)17(20)18-16(12-19)11-14-7-3-2-4-8-14/h2-4,7-8,13,15-16,19H,5-6,9-12H2,1H3,(H,18,20). The van der Waals surface area contributed by atoms with E-state index in [0.717, 1.165) is 24.8 Å². The lowest BCUT2D eigenvalue weighted by atomic mass is 9.82. The van der Waals surface area contributed by atoms with E-state index in [2.05, 4.69) is 12.2 Å².